The van der Waals surface area contributed by atoms with Gasteiger partial charge >= 0.3 is 0 Å². The summed E-state index contributed by atoms with van der Waals surface area (Å²) in [6, 6.07) is 7.27. The molecule has 3 N–H and O–H groups in total. The number of nitrogens with zero attached hydrogens (tertiary/aromatic N) is 1. The third-order valence-corrected chi connectivity index (χ3v) is 6.85. The second kappa shape index (κ2) is 12.5. The van der Waals surface area contributed by atoms with Gasteiger partial charge in [0.05, 0.1) is 13.7 Å². The van der Waals surface area contributed by atoms with Gasteiger partial charge in [-0.3, -0.25) is 14.4 Å². The number of rotatable bonds is 9. The fourth-order valence-electron chi connectivity index (χ4n) is 4.44. The lowest BCUT2D eigenvalue weighted by Crippen LogP contribution is -2.52. The number of carbonyl (C=O) groups is 3. The minimum absolute atomic E-state index is 0.0701. The van der Waals surface area contributed by atoms with E-state index in [1.54, 1.807) is 31.1 Å². The summed E-state index contributed by atoms with van der Waals surface area (Å²) in [4.78, 5) is 38.5. The van der Waals surface area contributed by atoms with Crippen molar-refractivity contribution in [3.63, 3.8) is 0 Å². The van der Waals surface area contributed by atoms with Crippen LogP contribution in [0.15, 0.2) is 24.3 Å². The minimum Gasteiger partial charge on any atom is -0.497 e. The lowest BCUT2D eigenvalue weighted by atomic mass is 9.85. The Morgan fingerprint density at radius 1 is 1.17 bits per heavy atom. The Balaban J connectivity index is 1.42. The molecule has 2 aliphatic heterocycles. The van der Waals surface area contributed by atoms with Crippen LogP contribution in [0.3, 0.4) is 0 Å². The smallest absolute Gasteiger partial charge is 0.249 e. The standard InChI is InChI=1S/C26H39N3O7/c1-17(30)29-13-10-18(11-14-29)15-28-23(32)21(31)9-12-27-24(33)22-26(2,3)16-35-25(36-22)19-5-7-20(34-4)8-6-19/h5-8,18,21-22,25,31H,9-16H2,1-4H3,(H,27,33)(H,28,32). The van der Waals surface area contributed by atoms with Crippen LogP contribution in [0, 0.1) is 11.3 Å². The van der Waals surface area contributed by atoms with E-state index in [-0.39, 0.29) is 30.7 Å². The van der Waals surface area contributed by atoms with Gasteiger partial charge in [-0.1, -0.05) is 26.0 Å². The average molecular weight is 506 g/mol. The van der Waals surface area contributed by atoms with Gasteiger partial charge in [-0.15, -0.1) is 0 Å². The maximum atomic E-state index is 12.9. The second-order valence-electron chi connectivity index (χ2n) is 10.2. The number of carbonyl (C=O) groups excluding carboxylic acids is 3. The molecule has 10 heteroatoms. The normalized spacial score (nSPS) is 23.0. The van der Waals surface area contributed by atoms with Crippen molar-refractivity contribution in [3.8, 4) is 5.75 Å². The third kappa shape index (κ3) is 7.41. The fraction of sp³-hybridized carbons (Fsp3) is 0.654. The number of amides is 3. The van der Waals surface area contributed by atoms with Crippen molar-refractivity contribution in [1.29, 1.82) is 0 Å². The highest BCUT2D eigenvalue weighted by Gasteiger charge is 2.43. The first-order valence-electron chi connectivity index (χ1n) is 12.5. The Morgan fingerprint density at radius 3 is 2.44 bits per heavy atom. The molecule has 3 unspecified atom stereocenters. The molecule has 10 nitrogen and oxygen atoms in total. The number of aliphatic hydroxyl groups excluding tert-OH is 1. The van der Waals surface area contributed by atoms with Crippen LogP contribution in [-0.2, 0) is 23.9 Å². The Hall–Kier alpha value is -2.69. The summed E-state index contributed by atoms with van der Waals surface area (Å²) in [5.74, 6) is 0.293. The number of nitrogens with one attached hydrogen (secondary N) is 2. The predicted octanol–water partition coefficient (Wildman–Crippen LogP) is 1.38. The first-order chi connectivity index (χ1) is 17.1. The van der Waals surface area contributed by atoms with E-state index in [1.807, 2.05) is 26.0 Å². The minimum atomic E-state index is -1.22. The molecule has 3 amide bonds. The van der Waals surface area contributed by atoms with E-state index < -0.39 is 29.8 Å². The molecule has 3 atom stereocenters. The van der Waals surface area contributed by atoms with Crippen LogP contribution in [-0.4, -0.2) is 79.8 Å². The van der Waals surface area contributed by atoms with Gasteiger partial charge in [-0.05, 0) is 37.3 Å². The average Bonchev–Trinajstić information content (AvgIpc) is 2.87. The summed E-state index contributed by atoms with van der Waals surface area (Å²) < 4.78 is 17.0. The van der Waals surface area contributed by atoms with Crippen LogP contribution < -0.4 is 15.4 Å². The van der Waals surface area contributed by atoms with Crippen LogP contribution in [0.25, 0.3) is 0 Å². The van der Waals surface area contributed by atoms with Crippen LogP contribution in [0.1, 0.15) is 51.9 Å². The summed E-state index contributed by atoms with van der Waals surface area (Å²) in [5, 5.41) is 15.8. The first kappa shape index (κ1) is 27.9. The van der Waals surface area contributed by atoms with Gasteiger partial charge in [-0.2, -0.15) is 0 Å². The molecule has 200 valence electrons. The number of aliphatic hydroxyl groups is 1. The number of likely N-dealkylation sites (tertiary alicyclic amines) is 1. The zero-order chi connectivity index (χ0) is 26.3. The number of hydrogen-bond acceptors (Lipinski definition) is 7. The Morgan fingerprint density at radius 2 is 1.83 bits per heavy atom. The van der Waals surface area contributed by atoms with E-state index in [4.69, 9.17) is 14.2 Å². The van der Waals surface area contributed by atoms with Crippen LogP contribution in [0.2, 0.25) is 0 Å². The molecule has 2 saturated heterocycles. The van der Waals surface area contributed by atoms with Crippen molar-refractivity contribution >= 4 is 17.7 Å². The quantitative estimate of drug-likeness (QED) is 0.463. The molecule has 1 aromatic rings. The van der Waals surface area contributed by atoms with E-state index in [9.17, 15) is 19.5 Å². The van der Waals surface area contributed by atoms with Gasteiger partial charge in [0.1, 0.15) is 18.0 Å². The van der Waals surface area contributed by atoms with Gasteiger partial charge < -0.3 is 34.9 Å². The van der Waals surface area contributed by atoms with Crippen molar-refractivity contribution in [1.82, 2.24) is 15.5 Å². The maximum Gasteiger partial charge on any atom is 0.249 e. The number of hydrogen-bond donors (Lipinski definition) is 3. The Labute approximate surface area is 212 Å². The van der Waals surface area contributed by atoms with Gasteiger partial charge in [0.15, 0.2) is 6.29 Å². The summed E-state index contributed by atoms with van der Waals surface area (Å²) in [6.07, 6.45) is -0.928. The molecule has 2 fully saturated rings. The monoisotopic (exact) mass is 505 g/mol. The van der Waals surface area contributed by atoms with E-state index in [0.29, 0.717) is 32.0 Å². The van der Waals surface area contributed by atoms with Gasteiger partial charge in [-0.25, -0.2) is 0 Å². The molecule has 0 bridgehead atoms. The zero-order valence-corrected chi connectivity index (χ0v) is 21.6. The van der Waals surface area contributed by atoms with E-state index >= 15 is 0 Å². The molecular weight excluding hydrogens is 466 g/mol. The Bertz CT molecular complexity index is 897. The second-order valence-corrected chi connectivity index (χ2v) is 10.2. The summed E-state index contributed by atoms with van der Waals surface area (Å²) in [7, 11) is 1.59. The maximum absolute atomic E-state index is 12.9. The first-order valence-corrected chi connectivity index (χ1v) is 12.5. The van der Waals surface area contributed by atoms with Crippen molar-refractivity contribution in [3.05, 3.63) is 29.8 Å². The van der Waals surface area contributed by atoms with Crippen LogP contribution in [0.4, 0.5) is 0 Å². The fourth-order valence-corrected chi connectivity index (χ4v) is 4.44. The molecule has 2 aliphatic rings. The number of methoxy groups -OCH3 is 1. The zero-order valence-electron chi connectivity index (χ0n) is 21.6. The molecule has 36 heavy (non-hydrogen) atoms. The SMILES string of the molecule is COc1ccc(C2OCC(C)(C)C(C(=O)NCCC(O)C(=O)NCC3CCN(C(C)=O)CC3)O2)cc1. The van der Waals surface area contributed by atoms with E-state index in [0.717, 1.165) is 18.4 Å². The lowest BCUT2D eigenvalue weighted by Gasteiger charge is -2.41. The number of ether oxygens (including phenoxy) is 3. The summed E-state index contributed by atoms with van der Waals surface area (Å²) in [5.41, 5.74) is 0.226. The molecule has 0 saturated carbocycles. The van der Waals surface area contributed by atoms with Crippen molar-refractivity contribution in [2.75, 3.05) is 39.9 Å². The molecule has 1 aromatic carbocycles. The van der Waals surface area contributed by atoms with Gasteiger partial charge in [0.25, 0.3) is 0 Å². The summed E-state index contributed by atoms with van der Waals surface area (Å²) in [6.45, 7) is 7.65. The molecule has 0 spiro atoms. The molecule has 2 heterocycles. The van der Waals surface area contributed by atoms with Gasteiger partial charge in [0.2, 0.25) is 17.7 Å². The van der Waals surface area contributed by atoms with Gasteiger partial charge in [0, 0.05) is 44.1 Å². The highest BCUT2D eigenvalue weighted by molar-refractivity contribution is 5.82. The number of benzene rings is 1. The summed E-state index contributed by atoms with van der Waals surface area (Å²) >= 11 is 0. The van der Waals surface area contributed by atoms with Crippen LogP contribution in [0.5, 0.6) is 5.75 Å². The highest BCUT2D eigenvalue weighted by Crippen LogP contribution is 2.37. The molecule has 0 aromatic heterocycles. The molecular formula is C26H39N3O7. The van der Waals surface area contributed by atoms with Crippen LogP contribution >= 0.6 is 0 Å². The largest absolute Gasteiger partial charge is 0.497 e. The number of piperidine rings is 1. The van der Waals surface area contributed by atoms with Crippen molar-refractivity contribution in [2.24, 2.45) is 11.3 Å². The Kier molecular flexibility index (Phi) is 9.69. The molecule has 3 rings (SSSR count). The van der Waals surface area contributed by atoms with Crippen molar-refractivity contribution < 1.29 is 33.7 Å². The predicted molar refractivity (Wildman–Crippen MR) is 132 cm³/mol. The lowest BCUT2D eigenvalue weighted by molar-refractivity contribution is -0.258. The highest BCUT2D eigenvalue weighted by atomic mass is 16.7. The van der Waals surface area contributed by atoms with E-state index in [2.05, 4.69) is 10.6 Å². The molecule has 0 radical (unpaired) electrons. The van der Waals surface area contributed by atoms with Crippen molar-refractivity contribution in [2.45, 2.75) is 58.5 Å². The van der Waals surface area contributed by atoms with E-state index in [1.165, 1.54) is 0 Å². The molecule has 0 aliphatic carbocycles. The third-order valence-electron chi connectivity index (χ3n) is 6.85. The topological polar surface area (TPSA) is 126 Å².